The standard InChI is InChI=1S/C10H11IS/c1-10(7-11)6-8-4-2-3-5-9(8)12-10/h2-5H,6-7H2,1H3. The van der Waals surface area contributed by atoms with E-state index >= 15 is 0 Å². The number of benzene rings is 1. The lowest BCUT2D eigenvalue weighted by atomic mass is 10.0. The zero-order valence-corrected chi connectivity index (χ0v) is 9.98. The van der Waals surface area contributed by atoms with E-state index < -0.39 is 0 Å². The van der Waals surface area contributed by atoms with Crippen molar-refractivity contribution in [2.24, 2.45) is 0 Å². The number of alkyl halides is 1. The second kappa shape index (κ2) is 3.22. The molecule has 0 spiro atoms. The van der Waals surface area contributed by atoms with Crippen molar-refractivity contribution in [3.63, 3.8) is 0 Å². The lowest BCUT2D eigenvalue weighted by molar-refractivity contribution is 0.745. The van der Waals surface area contributed by atoms with Crippen LogP contribution in [0.1, 0.15) is 12.5 Å². The first kappa shape index (κ1) is 8.88. The molecule has 12 heavy (non-hydrogen) atoms. The van der Waals surface area contributed by atoms with Gasteiger partial charge < -0.3 is 0 Å². The summed E-state index contributed by atoms with van der Waals surface area (Å²) < 4.78 is 1.67. The van der Waals surface area contributed by atoms with Gasteiger partial charge in [0.05, 0.1) is 0 Å². The summed E-state index contributed by atoms with van der Waals surface area (Å²) in [6.45, 7) is 2.35. The van der Waals surface area contributed by atoms with Crippen LogP contribution in [-0.4, -0.2) is 9.17 Å². The molecule has 0 fully saturated rings. The third kappa shape index (κ3) is 1.51. The molecule has 64 valence electrons. The molecular weight excluding hydrogens is 279 g/mol. The quantitative estimate of drug-likeness (QED) is 0.563. The number of hydrogen-bond donors (Lipinski definition) is 0. The molecule has 0 saturated carbocycles. The summed E-state index contributed by atoms with van der Waals surface area (Å²) in [6, 6.07) is 8.75. The Hall–Kier alpha value is 0.300. The highest BCUT2D eigenvalue weighted by atomic mass is 127. The van der Waals surface area contributed by atoms with Gasteiger partial charge in [0.25, 0.3) is 0 Å². The summed E-state index contributed by atoms with van der Waals surface area (Å²) in [4.78, 5) is 1.48. The van der Waals surface area contributed by atoms with E-state index in [2.05, 4.69) is 53.8 Å². The summed E-state index contributed by atoms with van der Waals surface area (Å²) in [6.07, 6.45) is 1.23. The van der Waals surface area contributed by atoms with Crippen LogP contribution in [0.3, 0.4) is 0 Å². The maximum Gasteiger partial charge on any atom is 0.0309 e. The van der Waals surface area contributed by atoms with Crippen LogP contribution in [0.25, 0.3) is 0 Å². The van der Waals surface area contributed by atoms with Crippen LogP contribution in [0, 0.1) is 0 Å². The Morgan fingerprint density at radius 3 is 2.92 bits per heavy atom. The highest BCUT2D eigenvalue weighted by Gasteiger charge is 2.32. The second-order valence-corrected chi connectivity index (χ2v) is 5.86. The molecule has 1 heterocycles. The maximum atomic E-state index is 2.48. The molecule has 0 aliphatic carbocycles. The monoisotopic (exact) mass is 290 g/mol. The van der Waals surface area contributed by atoms with Gasteiger partial charge in [-0.05, 0) is 25.0 Å². The van der Waals surface area contributed by atoms with Crippen LogP contribution in [0.5, 0.6) is 0 Å². The van der Waals surface area contributed by atoms with Crippen molar-refractivity contribution in [1.82, 2.24) is 0 Å². The molecule has 0 aromatic heterocycles. The number of halogens is 1. The third-order valence-corrected chi connectivity index (χ3v) is 5.78. The predicted octanol–water partition coefficient (Wildman–Crippen LogP) is 3.53. The molecule has 2 rings (SSSR count). The van der Waals surface area contributed by atoms with Gasteiger partial charge in [-0.3, -0.25) is 0 Å². The number of thioether (sulfide) groups is 1. The van der Waals surface area contributed by atoms with Gasteiger partial charge in [-0.1, -0.05) is 40.8 Å². The average molecular weight is 290 g/mol. The van der Waals surface area contributed by atoms with E-state index in [0.717, 1.165) is 0 Å². The molecule has 1 aliphatic rings. The molecule has 1 unspecified atom stereocenters. The van der Waals surface area contributed by atoms with E-state index in [-0.39, 0.29) is 0 Å². The topological polar surface area (TPSA) is 0 Å². The lowest BCUT2D eigenvalue weighted by Gasteiger charge is -2.18. The largest absolute Gasteiger partial charge is 0.118 e. The summed E-state index contributed by atoms with van der Waals surface area (Å²) >= 11 is 4.51. The van der Waals surface area contributed by atoms with Gasteiger partial charge in [-0.25, -0.2) is 0 Å². The van der Waals surface area contributed by atoms with E-state index in [1.807, 2.05) is 11.8 Å². The Bertz CT molecular complexity index is 271. The van der Waals surface area contributed by atoms with Crippen LogP contribution >= 0.6 is 34.4 Å². The Labute approximate surface area is 91.3 Å². The molecule has 0 N–H and O–H groups in total. The molecule has 1 aliphatic heterocycles. The van der Waals surface area contributed by atoms with Crippen LogP contribution in [0.15, 0.2) is 29.2 Å². The van der Waals surface area contributed by atoms with Crippen LogP contribution < -0.4 is 0 Å². The smallest absolute Gasteiger partial charge is 0.0309 e. The van der Waals surface area contributed by atoms with Crippen molar-refractivity contribution in [2.75, 3.05) is 4.43 Å². The fourth-order valence-electron chi connectivity index (χ4n) is 1.53. The van der Waals surface area contributed by atoms with Crippen LogP contribution in [0.2, 0.25) is 0 Å². The third-order valence-electron chi connectivity index (χ3n) is 2.18. The first-order chi connectivity index (χ1) is 5.73. The maximum absolute atomic E-state index is 2.48. The molecule has 1 atom stereocenters. The van der Waals surface area contributed by atoms with Crippen molar-refractivity contribution in [3.05, 3.63) is 29.8 Å². The van der Waals surface area contributed by atoms with E-state index in [1.165, 1.54) is 21.3 Å². The molecular formula is C10H11IS. The Morgan fingerprint density at radius 2 is 2.25 bits per heavy atom. The van der Waals surface area contributed by atoms with Gasteiger partial charge in [0.15, 0.2) is 0 Å². The first-order valence-electron chi connectivity index (χ1n) is 4.06. The minimum absolute atomic E-state index is 0.449. The fraction of sp³-hybridized carbons (Fsp3) is 0.400. The number of rotatable bonds is 1. The van der Waals surface area contributed by atoms with Crippen LogP contribution in [0.4, 0.5) is 0 Å². The summed E-state index contributed by atoms with van der Waals surface area (Å²) in [7, 11) is 0. The molecule has 1 aromatic carbocycles. The lowest BCUT2D eigenvalue weighted by Crippen LogP contribution is -2.20. The molecule has 0 radical (unpaired) electrons. The number of fused-ring (bicyclic) bond motifs is 1. The minimum Gasteiger partial charge on any atom is -0.118 e. The van der Waals surface area contributed by atoms with Crippen LogP contribution in [-0.2, 0) is 6.42 Å². The van der Waals surface area contributed by atoms with E-state index in [0.29, 0.717) is 4.75 Å². The van der Waals surface area contributed by atoms with Crippen molar-refractivity contribution in [2.45, 2.75) is 23.0 Å². The molecule has 0 bridgehead atoms. The first-order valence-corrected chi connectivity index (χ1v) is 6.41. The highest BCUT2D eigenvalue weighted by molar-refractivity contribution is 14.1. The minimum atomic E-state index is 0.449. The molecule has 0 nitrogen and oxygen atoms in total. The molecule has 1 aromatic rings. The van der Waals surface area contributed by atoms with Crippen molar-refractivity contribution >= 4 is 34.4 Å². The van der Waals surface area contributed by atoms with E-state index in [1.54, 1.807) is 0 Å². The average Bonchev–Trinajstić information content (AvgIpc) is 2.42. The zero-order valence-electron chi connectivity index (χ0n) is 7.01. The van der Waals surface area contributed by atoms with Gasteiger partial charge in [0, 0.05) is 14.1 Å². The van der Waals surface area contributed by atoms with E-state index in [4.69, 9.17) is 0 Å². The highest BCUT2D eigenvalue weighted by Crippen LogP contribution is 2.45. The van der Waals surface area contributed by atoms with E-state index in [9.17, 15) is 0 Å². The van der Waals surface area contributed by atoms with Crippen molar-refractivity contribution < 1.29 is 0 Å². The summed E-state index contributed by atoms with van der Waals surface area (Å²) in [5.74, 6) is 0. The van der Waals surface area contributed by atoms with Gasteiger partial charge in [-0.2, -0.15) is 0 Å². The summed E-state index contributed by atoms with van der Waals surface area (Å²) in [5, 5.41) is 0. The Kier molecular flexibility index (Phi) is 2.38. The summed E-state index contributed by atoms with van der Waals surface area (Å²) in [5.41, 5.74) is 1.53. The van der Waals surface area contributed by atoms with Gasteiger partial charge in [0.1, 0.15) is 0 Å². The second-order valence-electron chi connectivity index (χ2n) is 3.47. The SMILES string of the molecule is CC1(CI)Cc2ccccc2S1. The van der Waals surface area contributed by atoms with Gasteiger partial charge >= 0.3 is 0 Å². The van der Waals surface area contributed by atoms with Gasteiger partial charge in [-0.15, -0.1) is 11.8 Å². The van der Waals surface area contributed by atoms with Crippen molar-refractivity contribution in [3.8, 4) is 0 Å². The molecule has 0 saturated heterocycles. The molecule has 0 amide bonds. The fourth-order valence-corrected chi connectivity index (χ4v) is 3.50. The Morgan fingerprint density at radius 1 is 1.50 bits per heavy atom. The molecule has 2 heteroatoms. The van der Waals surface area contributed by atoms with Crippen molar-refractivity contribution in [1.29, 1.82) is 0 Å². The zero-order chi connectivity index (χ0) is 8.60. The normalized spacial score (nSPS) is 27.2. The van der Waals surface area contributed by atoms with Gasteiger partial charge in [0.2, 0.25) is 0 Å². The number of hydrogen-bond acceptors (Lipinski definition) is 1. The predicted molar refractivity (Wildman–Crippen MR) is 63.3 cm³/mol. The Balaban J connectivity index is 2.33.